The molecule has 2 atom stereocenters. The van der Waals surface area contributed by atoms with Crippen LogP contribution in [0, 0.1) is 0 Å². The molecule has 0 amide bonds. The molecule has 1 saturated carbocycles. The highest BCUT2D eigenvalue weighted by atomic mass is 28.4. The highest BCUT2D eigenvalue weighted by Crippen LogP contribution is 2.40. The lowest BCUT2D eigenvalue weighted by Crippen LogP contribution is -2.50. The van der Waals surface area contributed by atoms with Gasteiger partial charge < -0.3 is 19.6 Å². The number of anilines is 1. The van der Waals surface area contributed by atoms with Crippen LogP contribution in [-0.2, 0) is 22.2 Å². The maximum Gasteiger partial charge on any atom is 0.234 e. The van der Waals surface area contributed by atoms with Crippen LogP contribution in [0.5, 0.6) is 5.88 Å². The molecule has 0 bridgehead atoms. The predicted octanol–water partition coefficient (Wildman–Crippen LogP) is 4.00. The molecule has 2 N–H and O–H groups in total. The topological polar surface area (TPSA) is 76.5 Å². The number of fused-ring (bicyclic) bond motifs is 1. The van der Waals surface area contributed by atoms with Crippen molar-refractivity contribution >= 4 is 14.1 Å². The Morgan fingerprint density at radius 1 is 1.15 bits per heavy atom. The van der Waals surface area contributed by atoms with Crippen molar-refractivity contribution in [1.29, 1.82) is 0 Å². The van der Waals surface area contributed by atoms with Crippen LogP contribution < -0.4 is 5.32 Å². The first-order chi connectivity index (χ1) is 12.2. The van der Waals surface area contributed by atoms with E-state index in [9.17, 15) is 5.11 Å². The molecule has 3 rings (SSSR count). The summed E-state index contributed by atoms with van der Waals surface area (Å²) in [6.45, 7) is 12.6. The fraction of sp³-hybridized carbons (Fsp3) is 0.789. The minimum absolute atomic E-state index is 0.0339. The Morgan fingerprint density at radius 3 is 2.62 bits per heavy atom. The van der Waals surface area contributed by atoms with Crippen molar-refractivity contribution in [3.05, 3.63) is 11.1 Å². The highest BCUT2D eigenvalue weighted by Gasteiger charge is 2.41. The van der Waals surface area contributed by atoms with Crippen LogP contribution in [0.2, 0.25) is 18.1 Å². The summed E-state index contributed by atoms with van der Waals surface area (Å²) in [6, 6.07) is 0.225. The fourth-order valence-corrected chi connectivity index (χ4v) is 4.90. The molecule has 0 radical (unpaired) electrons. The van der Waals surface area contributed by atoms with E-state index in [-0.39, 0.29) is 23.1 Å². The molecule has 6 nitrogen and oxygen atoms in total. The van der Waals surface area contributed by atoms with Gasteiger partial charge >= 0.3 is 0 Å². The van der Waals surface area contributed by atoms with Gasteiger partial charge in [-0.25, -0.2) is 0 Å². The highest BCUT2D eigenvalue weighted by molar-refractivity contribution is 6.74. The SMILES string of the molecule is CC(C)(C)[Si](C)(C)O[C@H]1CCCC[C@H]1Nc1nnc(O)c2c1COCC2. The van der Waals surface area contributed by atoms with Crippen molar-refractivity contribution in [3.8, 4) is 5.88 Å². The quantitative estimate of drug-likeness (QED) is 0.770. The van der Waals surface area contributed by atoms with Crippen molar-refractivity contribution in [3.63, 3.8) is 0 Å². The first-order valence-electron chi connectivity index (χ1n) is 9.78. The second-order valence-electron chi connectivity index (χ2n) is 9.08. The lowest BCUT2D eigenvalue weighted by Gasteiger charge is -2.43. The van der Waals surface area contributed by atoms with Gasteiger partial charge in [0.2, 0.25) is 5.88 Å². The molecule has 7 heteroatoms. The van der Waals surface area contributed by atoms with Gasteiger partial charge in [0.15, 0.2) is 14.1 Å². The maximum absolute atomic E-state index is 10.0. The summed E-state index contributed by atoms with van der Waals surface area (Å²) in [7, 11) is -1.83. The first-order valence-corrected chi connectivity index (χ1v) is 12.7. The van der Waals surface area contributed by atoms with Gasteiger partial charge in [-0.2, -0.15) is 0 Å². The van der Waals surface area contributed by atoms with Crippen LogP contribution in [0.25, 0.3) is 0 Å². The Labute approximate surface area is 157 Å². The van der Waals surface area contributed by atoms with Crippen LogP contribution in [-0.4, -0.2) is 42.4 Å². The minimum Gasteiger partial charge on any atom is -0.492 e. The third kappa shape index (κ3) is 4.04. The van der Waals surface area contributed by atoms with E-state index in [1.165, 1.54) is 12.8 Å². The van der Waals surface area contributed by atoms with Gasteiger partial charge in [0.05, 0.1) is 25.4 Å². The molecular weight excluding hydrogens is 346 g/mol. The Bertz CT molecular complexity index is 646. The summed E-state index contributed by atoms with van der Waals surface area (Å²) in [5.41, 5.74) is 1.81. The molecule has 1 aromatic heterocycles. The molecule has 1 aliphatic carbocycles. The average molecular weight is 380 g/mol. The van der Waals surface area contributed by atoms with Gasteiger partial charge in [-0.3, -0.25) is 0 Å². The van der Waals surface area contributed by atoms with Crippen LogP contribution in [0.15, 0.2) is 0 Å². The molecule has 1 aromatic rings. The van der Waals surface area contributed by atoms with Crippen LogP contribution >= 0.6 is 0 Å². The van der Waals surface area contributed by atoms with Gasteiger partial charge in [-0.15, -0.1) is 10.2 Å². The molecule has 0 saturated heterocycles. The Kier molecular flexibility index (Phi) is 5.60. The molecular formula is C19H33N3O3Si. The molecule has 1 fully saturated rings. The number of aromatic hydroxyl groups is 1. The third-order valence-corrected chi connectivity index (χ3v) is 10.7. The van der Waals surface area contributed by atoms with E-state index < -0.39 is 8.32 Å². The molecule has 1 aliphatic heterocycles. The van der Waals surface area contributed by atoms with Crippen molar-refractivity contribution in [2.45, 2.75) is 89.8 Å². The summed E-state index contributed by atoms with van der Waals surface area (Å²) >= 11 is 0. The van der Waals surface area contributed by atoms with E-state index in [1.807, 2.05) is 0 Å². The number of nitrogens with zero attached hydrogens (tertiary/aromatic N) is 2. The van der Waals surface area contributed by atoms with Gasteiger partial charge in [0.1, 0.15) is 0 Å². The van der Waals surface area contributed by atoms with Gasteiger partial charge in [0, 0.05) is 17.5 Å². The number of hydrogen-bond donors (Lipinski definition) is 2. The molecule has 0 spiro atoms. The zero-order valence-electron chi connectivity index (χ0n) is 16.8. The van der Waals surface area contributed by atoms with Crippen molar-refractivity contribution in [1.82, 2.24) is 10.2 Å². The van der Waals surface area contributed by atoms with Crippen LogP contribution in [0.4, 0.5) is 5.82 Å². The standard InChI is InChI=1S/C19H33N3O3Si/c1-19(2,3)26(4,5)25-16-9-7-6-8-15(16)20-17-14-12-24-11-10-13(14)18(23)22-21-17/h15-16H,6-12H2,1-5H3,(H,20,21)(H,22,23)/t15-,16+/m1/s1. The second-order valence-corrected chi connectivity index (χ2v) is 13.8. The van der Waals surface area contributed by atoms with Gasteiger partial charge in [-0.05, 0) is 31.0 Å². The molecule has 2 heterocycles. The molecule has 2 aliphatic rings. The maximum atomic E-state index is 10.0. The summed E-state index contributed by atoms with van der Waals surface area (Å²) in [4.78, 5) is 0. The fourth-order valence-electron chi connectivity index (χ4n) is 3.51. The zero-order valence-corrected chi connectivity index (χ0v) is 17.8. The molecule has 146 valence electrons. The van der Waals surface area contributed by atoms with Crippen LogP contribution in [0.1, 0.15) is 57.6 Å². The van der Waals surface area contributed by atoms with E-state index in [2.05, 4.69) is 49.4 Å². The van der Waals surface area contributed by atoms with Crippen molar-refractivity contribution < 1.29 is 14.3 Å². The number of rotatable bonds is 4. The normalized spacial score (nSPS) is 24.2. The monoisotopic (exact) mass is 379 g/mol. The lowest BCUT2D eigenvalue weighted by atomic mass is 9.92. The Balaban J connectivity index is 1.79. The summed E-state index contributed by atoms with van der Waals surface area (Å²) < 4.78 is 12.3. The summed E-state index contributed by atoms with van der Waals surface area (Å²) in [6.07, 6.45) is 5.42. The lowest BCUT2D eigenvalue weighted by molar-refractivity contribution is 0.108. The molecule has 26 heavy (non-hydrogen) atoms. The van der Waals surface area contributed by atoms with Crippen molar-refractivity contribution in [2.24, 2.45) is 0 Å². The number of ether oxygens (including phenoxy) is 1. The Morgan fingerprint density at radius 2 is 1.88 bits per heavy atom. The predicted molar refractivity (Wildman–Crippen MR) is 105 cm³/mol. The zero-order chi connectivity index (χ0) is 18.9. The number of nitrogens with one attached hydrogen (secondary N) is 1. The van der Waals surface area contributed by atoms with E-state index in [4.69, 9.17) is 9.16 Å². The van der Waals surface area contributed by atoms with E-state index in [1.54, 1.807) is 0 Å². The first kappa shape index (κ1) is 19.6. The third-order valence-electron chi connectivity index (χ3n) is 6.18. The number of aromatic nitrogens is 2. The molecule has 0 unspecified atom stereocenters. The van der Waals surface area contributed by atoms with Crippen molar-refractivity contribution in [2.75, 3.05) is 11.9 Å². The van der Waals surface area contributed by atoms with E-state index in [0.717, 1.165) is 29.8 Å². The summed E-state index contributed by atoms with van der Waals surface area (Å²) in [5, 5.41) is 22.0. The second kappa shape index (κ2) is 7.44. The largest absolute Gasteiger partial charge is 0.492 e. The number of hydrogen-bond acceptors (Lipinski definition) is 6. The molecule has 0 aromatic carbocycles. The van der Waals surface area contributed by atoms with Crippen LogP contribution in [0.3, 0.4) is 0 Å². The van der Waals surface area contributed by atoms with Gasteiger partial charge in [-0.1, -0.05) is 33.6 Å². The minimum atomic E-state index is -1.83. The average Bonchev–Trinajstić information content (AvgIpc) is 2.58. The Hall–Kier alpha value is -1.18. The summed E-state index contributed by atoms with van der Waals surface area (Å²) in [5.74, 6) is 0.778. The smallest absolute Gasteiger partial charge is 0.234 e. The van der Waals surface area contributed by atoms with E-state index in [0.29, 0.717) is 19.6 Å². The van der Waals surface area contributed by atoms with Gasteiger partial charge in [0.25, 0.3) is 0 Å². The van der Waals surface area contributed by atoms with E-state index >= 15 is 0 Å².